The predicted octanol–water partition coefficient (Wildman–Crippen LogP) is 1.86. The van der Waals surface area contributed by atoms with Crippen LogP contribution >= 0.6 is 11.8 Å². The summed E-state index contributed by atoms with van der Waals surface area (Å²) in [6, 6.07) is 8.11. The Morgan fingerprint density at radius 3 is 2.82 bits per heavy atom. The maximum atomic E-state index is 11.3. The van der Waals surface area contributed by atoms with Gasteiger partial charge in [0.05, 0.1) is 5.75 Å². The minimum absolute atomic E-state index is 0.00405. The molecule has 1 atom stereocenters. The molecule has 1 unspecified atom stereocenters. The summed E-state index contributed by atoms with van der Waals surface area (Å²) >= 11 is 1.58. The zero-order valence-electron chi connectivity index (χ0n) is 10.4. The van der Waals surface area contributed by atoms with Gasteiger partial charge >= 0.3 is 0 Å². The summed E-state index contributed by atoms with van der Waals surface area (Å²) in [5.74, 6) is 1.32. The summed E-state index contributed by atoms with van der Waals surface area (Å²) in [5, 5.41) is 2.77. The Morgan fingerprint density at radius 2 is 2.18 bits per heavy atom. The number of aryl methyl sites for hydroxylation is 1. The maximum absolute atomic E-state index is 11.3. The van der Waals surface area contributed by atoms with E-state index in [1.54, 1.807) is 11.8 Å². The first-order valence-corrected chi connectivity index (χ1v) is 6.96. The number of nitrogens with two attached hydrogens (primary N) is 1. The van der Waals surface area contributed by atoms with Gasteiger partial charge in [-0.25, -0.2) is 0 Å². The Kier molecular flexibility index (Phi) is 6.08. The molecular weight excluding hydrogens is 232 g/mol. The lowest BCUT2D eigenvalue weighted by Crippen LogP contribution is -2.25. The fourth-order valence-corrected chi connectivity index (χ4v) is 2.46. The molecule has 94 valence electrons. The Bertz CT molecular complexity index is 368. The van der Waals surface area contributed by atoms with E-state index in [-0.39, 0.29) is 11.9 Å². The van der Waals surface area contributed by atoms with Gasteiger partial charge in [-0.05, 0) is 25.0 Å². The van der Waals surface area contributed by atoms with E-state index < -0.39 is 0 Å². The summed E-state index contributed by atoms with van der Waals surface area (Å²) in [4.78, 5) is 11.3. The Hall–Kier alpha value is -1.00. The van der Waals surface area contributed by atoms with Crippen LogP contribution in [0.5, 0.6) is 0 Å². The number of amides is 1. The molecule has 1 amide bonds. The highest BCUT2D eigenvalue weighted by molar-refractivity contribution is 7.99. The van der Waals surface area contributed by atoms with Gasteiger partial charge in [0.1, 0.15) is 0 Å². The van der Waals surface area contributed by atoms with Gasteiger partial charge in [0, 0.05) is 18.3 Å². The van der Waals surface area contributed by atoms with E-state index in [1.165, 1.54) is 5.56 Å². The summed E-state index contributed by atoms with van der Waals surface area (Å²) in [6.07, 6.45) is 0. The lowest BCUT2D eigenvalue weighted by molar-refractivity contribution is -0.118. The van der Waals surface area contributed by atoms with E-state index >= 15 is 0 Å². The number of nitrogens with one attached hydrogen (secondary N) is 1. The van der Waals surface area contributed by atoms with Crippen molar-refractivity contribution in [1.29, 1.82) is 0 Å². The van der Waals surface area contributed by atoms with E-state index in [4.69, 9.17) is 5.73 Å². The molecule has 0 saturated heterocycles. The van der Waals surface area contributed by atoms with Crippen molar-refractivity contribution in [2.75, 3.05) is 18.1 Å². The van der Waals surface area contributed by atoms with Gasteiger partial charge in [0.25, 0.3) is 0 Å². The van der Waals surface area contributed by atoms with Crippen LogP contribution in [0.25, 0.3) is 0 Å². The van der Waals surface area contributed by atoms with Crippen molar-refractivity contribution in [3.63, 3.8) is 0 Å². The third-order valence-electron chi connectivity index (χ3n) is 2.49. The number of thioether (sulfide) groups is 1. The van der Waals surface area contributed by atoms with Crippen LogP contribution in [-0.4, -0.2) is 24.0 Å². The molecule has 1 rings (SSSR count). The molecule has 0 fully saturated rings. The van der Waals surface area contributed by atoms with E-state index in [0.717, 1.165) is 11.3 Å². The zero-order valence-corrected chi connectivity index (χ0v) is 11.2. The number of carbonyl (C=O) groups is 1. The molecule has 3 nitrogen and oxygen atoms in total. The maximum Gasteiger partial charge on any atom is 0.229 e. The van der Waals surface area contributed by atoms with Crippen LogP contribution in [0.2, 0.25) is 0 Å². The molecule has 4 heteroatoms. The molecule has 0 saturated carbocycles. The molecule has 0 radical (unpaired) electrons. The topological polar surface area (TPSA) is 55.1 Å². The fourth-order valence-electron chi connectivity index (χ4n) is 1.62. The van der Waals surface area contributed by atoms with Gasteiger partial charge in [0.15, 0.2) is 0 Å². The van der Waals surface area contributed by atoms with Crippen LogP contribution in [0.4, 0.5) is 0 Å². The molecule has 1 aromatic rings. The Labute approximate surface area is 107 Å². The number of benzene rings is 1. The van der Waals surface area contributed by atoms with Crippen LogP contribution in [0.3, 0.4) is 0 Å². The first-order valence-electron chi connectivity index (χ1n) is 5.80. The van der Waals surface area contributed by atoms with Crippen LogP contribution in [0.1, 0.15) is 24.1 Å². The first kappa shape index (κ1) is 14.1. The van der Waals surface area contributed by atoms with Gasteiger partial charge in [-0.2, -0.15) is 11.8 Å². The molecule has 0 aromatic heterocycles. The standard InChI is InChI=1S/C13H20N2OS/c1-3-15-13(16)9-17-8-12(14)11-7-5-4-6-10(11)2/h4-7,12H,3,8-9,14H2,1-2H3,(H,15,16). The summed E-state index contributed by atoms with van der Waals surface area (Å²) in [5.41, 5.74) is 8.47. The van der Waals surface area contributed by atoms with Crippen molar-refractivity contribution in [2.24, 2.45) is 5.73 Å². The number of rotatable bonds is 6. The van der Waals surface area contributed by atoms with Gasteiger partial charge in [-0.3, -0.25) is 4.79 Å². The molecule has 0 spiro atoms. The molecular formula is C13H20N2OS. The third kappa shape index (κ3) is 4.79. The van der Waals surface area contributed by atoms with E-state index in [1.807, 2.05) is 25.1 Å². The quantitative estimate of drug-likeness (QED) is 0.812. The highest BCUT2D eigenvalue weighted by Gasteiger charge is 2.09. The van der Waals surface area contributed by atoms with Crippen molar-refractivity contribution < 1.29 is 4.79 Å². The molecule has 17 heavy (non-hydrogen) atoms. The Morgan fingerprint density at radius 1 is 1.47 bits per heavy atom. The second-order valence-electron chi connectivity index (χ2n) is 3.93. The van der Waals surface area contributed by atoms with Crippen molar-refractivity contribution in [3.8, 4) is 0 Å². The SMILES string of the molecule is CCNC(=O)CSCC(N)c1ccccc1C. The molecule has 0 aliphatic rings. The normalized spacial score (nSPS) is 12.2. The van der Waals surface area contributed by atoms with E-state index in [2.05, 4.69) is 18.3 Å². The second kappa shape index (κ2) is 7.35. The highest BCUT2D eigenvalue weighted by atomic mass is 32.2. The summed E-state index contributed by atoms with van der Waals surface area (Å²) in [6.45, 7) is 4.66. The van der Waals surface area contributed by atoms with Gasteiger partial charge < -0.3 is 11.1 Å². The molecule has 0 aliphatic carbocycles. The minimum atomic E-state index is -0.00405. The molecule has 0 aliphatic heterocycles. The van der Waals surface area contributed by atoms with Gasteiger partial charge in [-0.15, -0.1) is 0 Å². The van der Waals surface area contributed by atoms with Crippen molar-refractivity contribution in [1.82, 2.24) is 5.32 Å². The third-order valence-corrected chi connectivity index (χ3v) is 3.55. The van der Waals surface area contributed by atoms with Gasteiger partial charge in [-0.1, -0.05) is 24.3 Å². The van der Waals surface area contributed by atoms with Crippen LogP contribution < -0.4 is 11.1 Å². The Balaban J connectivity index is 2.38. The smallest absolute Gasteiger partial charge is 0.229 e. The van der Waals surface area contributed by atoms with E-state index in [9.17, 15) is 4.79 Å². The number of hydrogen-bond donors (Lipinski definition) is 2. The molecule has 3 N–H and O–H groups in total. The van der Waals surface area contributed by atoms with Crippen LogP contribution in [0.15, 0.2) is 24.3 Å². The molecule has 0 bridgehead atoms. The lowest BCUT2D eigenvalue weighted by atomic mass is 10.0. The minimum Gasteiger partial charge on any atom is -0.356 e. The van der Waals surface area contributed by atoms with E-state index in [0.29, 0.717) is 12.3 Å². The second-order valence-corrected chi connectivity index (χ2v) is 4.96. The van der Waals surface area contributed by atoms with Crippen LogP contribution in [0, 0.1) is 6.92 Å². The number of hydrogen-bond acceptors (Lipinski definition) is 3. The zero-order chi connectivity index (χ0) is 12.7. The molecule has 1 aromatic carbocycles. The largest absolute Gasteiger partial charge is 0.356 e. The first-order chi connectivity index (χ1) is 8.15. The van der Waals surface area contributed by atoms with Crippen molar-refractivity contribution >= 4 is 17.7 Å². The number of carbonyl (C=O) groups excluding carboxylic acids is 1. The molecule has 0 heterocycles. The van der Waals surface area contributed by atoms with Crippen molar-refractivity contribution in [3.05, 3.63) is 35.4 Å². The highest BCUT2D eigenvalue weighted by Crippen LogP contribution is 2.19. The summed E-state index contributed by atoms with van der Waals surface area (Å²) < 4.78 is 0. The fraction of sp³-hybridized carbons (Fsp3) is 0.462. The monoisotopic (exact) mass is 252 g/mol. The average Bonchev–Trinajstić information content (AvgIpc) is 2.29. The average molecular weight is 252 g/mol. The van der Waals surface area contributed by atoms with Gasteiger partial charge in [0.2, 0.25) is 5.91 Å². The lowest BCUT2D eigenvalue weighted by Gasteiger charge is -2.14. The summed E-state index contributed by atoms with van der Waals surface area (Å²) in [7, 11) is 0. The van der Waals surface area contributed by atoms with Crippen LogP contribution in [-0.2, 0) is 4.79 Å². The predicted molar refractivity (Wildman–Crippen MR) is 74.1 cm³/mol. The van der Waals surface area contributed by atoms with Crippen molar-refractivity contribution in [2.45, 2.75) is 19.9 Å².